The van der Waals surface area contributed by atoms with Gasteiger partial charge in [-0.1, -0.05) is 12.1 Å². The van der Waals surface area contributed by atoms with Gasteiger partial charge >= 0.3 is 0 Å². The minimum absolute atomic E-state index is 0.395. The van der Waals surface area contributed by atoms with Crippen LogP contribution in [0.4, 0.5) is 0 Å². The maximum atomic E-state index is 6.15. The molecule has 3 nitrogen and oxygen atoms in total. The summed E-state index contributed by atoms with van der Waals surface area (Å²) in [6.45, 7) is 1.03. The molecule has 0 aromatic heterocycles. The van der Waals surface area contributed by atoms with Gasteiger partial charge in [-0.05, 0) is 37.0 Å². The van der Waals surface area contributed by atoms with Crippen molar-refractivity contribution < 1.29 is 4.74 Å². The van der Waals surface area contributed by atoms with E-state index in [2.05, 4.69) is 17.0 Å². The maximum absolute atomic E-state index is 6.15. The first kappa shape index (κ1) is 11.1. The van der Waals surface area contributed by atoms with Gasteiger partial charge in [-0.15, -0.1) is 0 Å². The molecule has 0 aliphatic carbocycles. The van der Waals surface area contributed by atoms with Crippen molar-refractivity contribution in [2.45, 2.75) is 43.9 Å². The first-order valence-corrected chi connectivity index (χ1v) is 6.42. The highest BCUT2D eigenvalue weighted by atomic mass is 16.5. The number of ether oxygens (including phenoxy) is 1. The van der Waals surface area contributed by atoms with Crippen molar-refractivity contribution in [2.75, 3.05) is 7.11 Å². The SMILES string of the molecule is COc1ccc(CN2C3CCC2C(N)C3)cc1. The molecule has 3 atom stereocenters. The van der Waals surface area contributed by atoms with Gasteiger partial charge in [0.05, 0.1) is 7.11 Å². The third-order valence-electron chi connectivity index (χ3n) is 4.25. The molecule has 17 heavy (non-hydrogen) atoms. The lowest BCUT2D eigenvalue weighted by Crippen LogP contribution is -2.36. The van der Waals surface area contributed by atoms with E-state index in [1.807, 2.05) is 12.1 Å². The van der Waals surface area contributed by atoms with Gasteiger partial charge in [-0.25, -0.2) is 0 Å². The lowest BCUT2D eigenvalue weighted by Gasteiger charge is -2.22. The van der Waals surface area contributed by atoms with Gasteiger partial charge in [0.15, 0.2) is 0 Å². The zero-order valence-corrected chi connectivity index (χ0v) is 10.3. The number of rotatable bonds is 3. The van der Waals surface area contributed by atoms with Crippen molar-refractivity contribution in [3.05, 3.63) is 29.8 Å². The van der Waals surface area contributed by atoms with Crippen LogP contribution in [0.15, 0.2) is 24.3 Å². The molecule has 2 heterocycles. The second kappa shape index (κ2) is 4.31. The lowest BCUT2D eigenvalue weighted by atomic mass is 9.97. The molecule has 2 aliphatic heterocycles. The Kier molecular flexibility index (Phi) is 2.81. The second-order valence-corrected chi connectivity index (χ2v) is 5.22. The smallest absolute Gasteiger partial charge is 0.118 e. The summed E-state index contributed by atoms with van der Waals surface area (Å²) in [7, 11) is 1.70. The maximum Gasteiger partial charge on any atom is 0.118 e. The van der Waals surface area contributed by atoms with Crippen LogP contribution in [0.2, 0.25) is 0 Å². The number of methoxy groups -OCH3 is 1. The van der Waals surface area contributed by atoms with E-state index in [9.17, 15) is 0 Å². The quantitative estimate of drug-likeness (QED) is 0.863. The van der Waals surface area contributed by atoms with Crippen LogP contribution < -0.4 is 10.5 Å². The fourth-order valence-corrected chi connectivity index (χ4v) is 3.34. The van der Waals surface area contributed by atoms with Crippen LogP contribution in [0.5, 0.6) is 5.75 Å². The Morgan fingerprint density at radius 1 is 1.29 bits per heavy atom. The van der Waals surface area contributed by atoms with Crippen molar-refractivity contribution in [3.63, 3.8) is 0 Å². The summed E-state index contributed by atoms with van der Waals surface area (Å²) in [5.74, 6) is 0.926. The number of hydrogen-bond acceptors (Lipinski definition) is 3. The molecule has 2 saturated heterocycles. The molecule has 0 spiro atoms. The largest absolute Gasteiger partial charge is 0.497 e. The lowest BCUT2D eigenvalue weighted by molar-refractivity contribution is 0.239. The molecule has 92 valence electrons. The summed E-state index contributed by atoms with van der Waals surface area (Å²) in [5.41, 5.74) is 7.51. The minimum atomic E-state index is 0.395. The Morgan fingerprint density at radius 3 is 2.59 bits per heavy atom. The van der Waals surface area contributed by atoms with Gasteiger partial charge in [0.2, 0.25) is 0 Å². The van der Waals surface area contributed by atoms with Gasteiger partial charge in [-0.3, -0.25) is 4.90 Å². The summed E-state index contributed by atoms with van der Waals surface area (Å²) >= 11 is 0. The molecule has 2 aliphatic rings. The highest BCUT2D eigenvalue weighted by Crippen LogP contribution is 2.37. The monoisotopic (exact) mass is 232 g/mol. The van der Waals surface area contributed by atoms with Crippen molar-refractivity contribution in [1.29, 1.82) is 0 Å². The number of hydrogen-bond donors (Lipinski definition) is 1. The highest BCUT2D eigenvalue weighted by molar-refractivity contribution is 5.27. The summed E-state index contributed by atoms with van der Waals surface area (Å²) < 4.78 is 5.18. The third kappa shape index (κ3) is 1.94. The molecule has 3 rings (SSSR count). The van der Waals surface area contributed by atoms with Gasteiger partial charge in [0.1, 0.15) is 5.75 Å². The fourth-order valence-electron chi connectivity index (χ4n) is 3.34. The summed E-state index contributed by atoms with van der Waals surface area (Å²) in [6, 6.07) is 10.1. The topological polar surface area (TPSA) is 38.5 Å². The predicted molar refractivity (Wildman–Crippen MR) is 67.9 cm³/mol. The van der Waals surface area contributed by atoms with Crippen molar-refractivity contribution in [2.24, 2.45) is 5.73 Å². The van der Waals surface area contributed by atoms with Gasteiger partial charge < -0.3 is 10.5 Å². The molecule has 3 unspecified atom stereocenters. The van der Waals surface area contributed by atoms with E-state index in [0.717, 1.165) is 18.3 Å². The molecular formula is C14H20N2O. The molecular weight excluding hydrogens is 212 g/mol. The van der Waals surface area contributed by atoms with E-state index in [-0.39, 0.29) is 0 Å². The van der Waals surface area contributed by atoms with Gasteiger partial charge in [-0.2, -0.15) is 0 Å². The average molecular weight is 232 g/mol. The number of nitrogens with two attached hydrogens (primary N) is 1. The number of benzene rings is 1. The first-order valence-electron chi connectivity index (χ1n) is 6.42. The van der Waals surface area contributed by atoms with Crippen LogP contribution in [-0.4, -0.2) is 30.1 Å². The van der Waals surface area contributed by atoms with Crippen LogP contribution in [-0.2, 0) is 6.54 Å². The van der Waals surface area contributed by atoms with Crippen LogP contribution in [0, 0.1) is 0 Å². The van der Waals surface area contributed by atoms with Crippen LogP contribution >= 0.6 is 0 Å². The Labute approximate surface area is 103 Å². The van der Waals surface area contributed by atoms with Crippen LogP contribution in [0.3, 0.4) is 0 Å². The molecule has 1 aromatic rings. The molecule has 0 saturated carbocycles. The zero-order chi connectivity index (χ0) is 11.8. The van der Waals surface area contributed by atoms with E-state index in [0.29, 0.717) is 12.1 Å². The average Bonchev–Trinajstić information content (AvgIpc) is 2.86. The zero-order valence-electron chi connectivity index (χ0n) is 10.3. The van der Waals surface area contributed by atoms with Crippen molar-refractivity contribution in [3.8, 4) is 5.75 Å². The van der Waals surface area contributed by atoms with E-state index in [4.69, 9.17) is 10.5 Å². The third-order valence-corrected chi connectivity index (χ3v) is 4.25. The fraction of sp³-hybridized carbons (Fsp3) is 0.571. The highest BCUT2D eigenvalue weighted by Gasteiger charge is 2.44. The Bertz CT molecular complexity index is 390. The molecule has 0 amide bonds. The van der Waals surface area contributed by atoms with Crippen LogP contribution in [0.25, 0.3) is 0 Å². The Hall–Kier alpha value is -1.06. The molecule has 2 fully saturated rings. The Morgan fingerprint density at radius 2 is 2.06 bits per heavy atom. The van der Waals surface area contributed by atoms with Crippen molar-refractivity contribution >= 4 is 0 Å². The van der Waals surface area contributed by atoms with E-state index >= 15 is 0 Å². The molecule has 0 radical (unpaired) electrons. The standard InChI is InChI=1S/C14H20N2O/c1-17-12-5-2-10(3-6-12)9-16-11-4-7-14(16)13(15)8-11/h2-3,5-6,11,13-14H,4,7-9,15H2,1H3. The molecule has 2 N–H and O–H groups in total. The summed E-state index contributed by atoms with van der Waals surface area (Å²) in [6.07, 6.45) is 3.79. The predicted octanol–water partition coefficient (Wildman–Crippen LogP) is 1.76. The first-order chi connectivity index (χ1) is 8.28. The number of fused-ring (bicyclic) bond motifs is 2. The van der Waals surface area contributed by atoms with E-state index in [1.165, 1.54) is 24.8 Å². The van der Waals surface area contributed by atoms with E-state index in [1.54, 1.807) is 7.11 Å². The number of nitrogens with zero attached hydrogens (tertiary/aromatic N) is 1. The van der Waals surface area contributed by atoms with Gasteiger partial charge in [0, 0.05) is 24.7 Å². The summed E-state index contributed by atoms with van der Waals surface area (Å²) in [5, 5.41) is 0. The Balaban J connectivity index is 1.70. The van der Waals surface area contributed by atoms with E-state index < -0.39 is 0 Å². The van der Waals surface area contributed by atoms with Crippen molar-refractivity contribution in [1.82, 2.24) is 4.90 Å². The summed E-state index contributed by atoms with van der Waals surface area (Å²) in [4.78, 5) is 2.59. The second-order valence-electron chi connectivity index (χ2n) is 5.22. The molecule has 2 bridgehead atoms. The van der Waals surface area contributed by atoms with Crippen LogP contribution in [0.1, 0.15) is 24.8 Å². The minimum Gasteiger partial charge on any atom is -0.497 e. The molecule has 3 heteroatoms. The van der Waals surface area contributed by atoms with Gasteiger partial charge in [0.25, 0.3) is 0 Å². The normalized spacial score (nSPS) is 32.0. The molecule has 1 aromatic carbocycles.